The van der Waals surface area contributed by atoms with E-state index in [-0.39, 0.29) is 12.5 Å². The molecule has 2 aliphatic heterocycles. The summed E-state index contributed by atoms with van der Waals surface area (Å²) >= 11 is 0. The fourth-order valence-corrected chi connectivity index (χ4v) is 3.80. The molecular formula is C22H30N6O3. The topological polar surface area (TPSA) is 74.3 Å². The van der Waals surface area contributed by atoms with E-state index in [9.17, 15) is 4.79 Å². The zero-order valence-corrected chi connectivity index (χ0v) is 18.2. The van der Waals surface area contributed by atoms with Crippen LogP contribution in [0.5, 0.6) is 11.5 Å². The van der Waals surface area contributed by atoms with Gasteiger partial charge in [-0.1, -0.05) is 6.07 Å². The second-order valence-electron chi connectivity index (χ2n) is 7.88. The summed E-state index contributed by atoms with van der Waals surface area (Å²) < 4.78 is 10.8. The molecule has 0 spiro atoms. The number of nitrogens with zero attached hydrogens (tertiary/aromatic N) is 6. The van der Waals surface area contributed by atoms with Gasteiger partial charge in [0.05, 0.1) is 7.11 Å². The number of rotatable bonds is 6. The molecule has 1 aromatic carbocycles. The van der Waals surface area contributed by atoms with Crippen molar-refractivity contribution in [3.63, 3.8) is 0 Å². The molecule has 2 aliphatic rings. The molecule has 0 radical (unpaired) electrons. The minimum Gasteiger partial charge on any atom is -0.497 e. The molecule has 0 atom stereocenters. The van der Waals surface area contributed by atoms with Crippen LogP contribution in [0.4, 0.5) is 11.6 Å². The standard InChI is InChI=1S/C22H30N6O3/c1-25-8-10-26(11-9-25)20-6-7-21(24-23-20)27-12-14-28(15-13-27)22(29)17-31-19-5-3-4-18(16-19)30-2/h3-7,16H,8-15,17H2,1-2H3. The first-order valence-corrected chi connectivity index (χ1v) is 10.7. The van der Waals surface area contributed by atoms with Gasteiger partial charge < -0.3 is 29.1 Å². The Hall–Kier alpha value is -3.07. The number of amides is 1. The molecule has 166 valence electrons. The normalized spacial score (nSPS) is 17.5. The molecule has 9 nitrogen and oxygen atoms in total. The number of ether oxygens (including phenoxy) is 2. The summed E-state index contributed by atoms with van der Waals surface area (Å²) in [5.74, 6) is 3.11. The lowest BCUT2D eigenvalue weighted by Gasteiger charge is -2.35. The van der Waals surface area contributed by atoms with E-state index in [1.807, 2.05) is 35.2 Å². The smallest absolute Gasteiger partial charge is 0.260 e. The molecule has 0 bridgehead atoms. The Morgan fingerprint density at radius 3 is 2.03 bits per heavy atom. The Balaban J connectivity index is 1.24. The highest BCUT2D eigenvalue weighted by Gasteiger charge is 2.23. The average molecular weight is 427 g/mol. The number of carbonyl (C=O) groups excluding carboxylic acids is 1. The van der Waals surface area contributed by atoms with Crippen LogP contribution in [0.25, 0.3) is 0 Å². The maximum atomic E-state index is 12.5. The van der Waals surface area contributed by atoms with Crippen LogP contribution in [0.1, 0.15) is 0 Å². The average Bonchev–Trinajstić information content (AvgIpc) is 2.83. The van der Waals surface area contributed by atoms with Gasteiger partial charge in [-0.3, -0.25) is 4.79 Å². The summed E-state index contributed by atoms with van der Waals surface area (Å²) in [6, 6.07) is 11.4. The summed E-state index contributed by atoms with van der Waals surface area (Å²) in [5.41, 5.74) is 0. The van der Waals surface area contributed by atoms with Gasteiger partial charge in [0.2, 0.25) is 0 Å². The molecule has 1 amide bonds. The summed E-state index contributed by atoms with van der Waals surface area (Å²) in [5, 5.41) is 8.88. The molecule has 0 aliphatic carbocycles. The molecule has 0 saturated carbocycles. The van der Waals surface area contributed by atoms with Crippen LogP contribution >= 0.6 is 0 Å². The number of methoxy groups -OCH3 is 1. The summed E-state index contributed by atoms with van der Waals surface area (Å²) in [6.45, 7) is 6.80. The van der Waals surface area contributed by atoms with E-state index in [1.54, 1.807) is 13.2 Å². The highest BCUT2D eigenvalue weighted by molar-refractivity contribution is 5.78. The second-order valence-corrected chi connectivity index (χ2v) is 7.88. The van der Waals surface area contributed by atoms with Crippen molar-refractivity contribution < 1.29 is 14.3 Å². The number of piperazine rings is 2. The molecule has 1 aromatic heterocycles. The van der Waals surface area contributed by atoms with E-state index in [2.05, 4.69) is 31.9 Å². The van der Waals surface area contributed by atoms with Gasteiger partial charge in [0.1, 0.15) is 11.5 Å². The number of aromatic nitrogens is 2. The van der Waals surface area contributed by atoms with Gasteiger partial charge in [-0.2, -0.15) is 0 Å². The number of benzene rings is 1. The first-order chi connectivity index (χ1) is 15.1. The minimum atomic E-state index is -0.0148. The number of carbonyl (C=O) groups is 1. The Morgan fingerprint density at radius 2 is 1.45 bits per heavy atom. The number of hydrogen-bond donors (Lipinski definition) is 0. The molecule has 2 fully saturated rings. The first kappa shape index (κ1) is 21.2. The zero-order chi connectivity index (χ0) is 21.6. The van der Waals surface area contributed by atoms with Gasteiger partial charge >= 0.3 is 0 Å². The van der Waals surface area contributed by atoms with Gasteiger partial charge in [-0.25, -0.2) is 0 Å². The van der Waals surface area contributed by atoms with Gasteiger partial charge in [0.15, 0.2) is 18.2 Å². The van der Waals surface area contributed by atoms with Crippen LogP contribution < -0.4 is 19.3 Å². The van der Waals surface area contributed by atoms with Crippen LogP contribution in [0.15, 0.2) is 36.4 Å². The predicted octanol–water partition coefficient (Wildman–Crippen LogP) is 0.965. The zero-order valence-electron chi connectivity index (χ0n) is 18.2. The molecule has 4 rings (SSSR count). The van der Waals surface area contributed by atoms with Crippen LogP contribution in [0.2, 0.25) is 0 Å². The summed E-state index contributed by atoms with van der Waals surface area (Å²) in [4.78, 5) is 21.1. The number of anilines is 2. The van der Waals surface area contributed by atoms with E-state index in [0.717, 1.165) is 50.9 Å². The van der Waals surface area contributed by atoms with Gasteiger partial charge in [-0.05, 0) is 31.3 Å². The van der Waals surface area contributed by atoms with E-state index in [4.69, 9.17) is 9.47 Å². The minimum absolute atomic E-state index is 0.0148. The quantitative estimate of drug-likeness (QED) is 0.677. The fourth-order valence-electron chi connectivity index (χ4n) is 3.80. The lowest BCUT2D eigenvalue weighted by molar-refractivity contribution is -0.133. The summed E-state index contributed by atoms with van der Waals surface area (Å²) in [7, 11) is 3.75. The Kier molecular flexibility index (Phi) is 6.71. The monoisotopic (exact) mass is 426 g/mol. The van der Waals surface area contributed by atoms with Gasteiger partial charge in [0, 0.05) is 58.4 Å². The number of likely N-dealkylation sites (N-methyl/N-ethyl adjacent to an activating group) is 1. The maximum Gasteiger partial charge on any atom is 0.260 e. The van der Waals surface area contributed by atoms with Crippen molar-refractivity contribution in [2.45, 2.75) is 0 Å². The largest absolute Gasteiger partial charge is 0.497 e. The van der Waals surface area contributed by atoms with Crippen LogP contribution in [-0.2, 0) is 4.79 Å². The highest BCUT2D eigenvalue weighted by Crippen LogP contribution is 2.20. The van der Waals surface area contributed by atoms with Crippen molar-refractivity contribution in [1.82, 2.24) is 20.0 Å². The molecule has 2 saturated heterocycles. The Labute approximate surface area is 183 Å². The van der Waals surface area contributed by atoms with Crippen LogP contribution in [-0.4, -0.2) is 99.0 Å². The van der Waals surface area contributed by atoms with E-state index < -0.39 is 0 Å². The number of hydrogen-bond acceptors (Lipinski definition) is 8. The molecule has 3 heterocycles. The molecular weight excluding hydrogens is 396 g/mol. The van der Waals surface area contributed by atoms with Gasteiger partial charge in [0.25, 0.3) is 5.91 Å². The van der Waals surface area contributed by atoms with E-state index in [0.29, 0.717) is 24.6 Å². The predicted molar refractivity (Wildman–Crippen MR) is 119 cm³/mol. The molecule has 31 heavy (non-hydrogen) atoms. The van der Waals surface area contributed by atoms with Crippen LogP contribution in [0.3, 0.4) is 0 Å². The van der Waals surface area contributed by atoms with Crippen LogP contribution in [0, 0.1) is 0 Å². The Bertz CT molecular complexity index is 862. The molecule has 2 aromatic rings. The third-order valence-corrected chi connectivity index (χ3v) is 5.82. The molecule has 0 N–H and O–H groups in total. The maximum absolute atomic E-state index is 12.5. The van der Waals surface area contributed by atoms with E-state index in [1.165, 1.54) is 0 Å². The summed E-state index contributed by atoms with van der Waals surface area (Å²) in [6.07, 6.45) is 0. The third-order valence-electron chi connectivity index (χ3n) is 5.82. The van der Waals surface area contributed by atoms with Crippen molar-refractivity contribution in [2.75, 3.05) is 82.9 Å². The van der Waals surface area contributed by atoms with E-state index >= 15 is 0 Å². The van der Waals surface area contributed by atoms with Crippen molar-refractivity contribution in [3.05, 3.63) is 36.4 Å². The van der Waals surface area contributed by atoms with Gasteiger partial charge in [-0.15, -0.1) is 10.2 Å². The van der Waals surface area contributed by atoms with Crippen molar-refractivity contribution in [1.29, 1.82) is 0 Å². The van der Waals surface area contributed by atoms with Crippen molar-refractivity contribution >= 4 is 17.5 Å². The molecule has 0 unspecified atom stereocenters. The molecule has 9 heteroatoms. The fraction of sp³-hybridized carbons (Fsp3) is 0.500. The lowest BCUT2D eigenvalue weighted by atomic mass is 10.3. The highest BCUT2D eigenvalue weighted by atomic mass is 16.5. The van der Waals surface area contributed by atoms with Crippen molar-refractivity contribution in [2.24, 2.45) is 0 Å². The van der Waals surface area contributed by atoms with Crippen molar-refractivity contribution in [3.8, 4) is 11.5 Å². The third kappa shape index (κ3) is 5.35. The lowest BCUT2D eigenvalue weighted by Crippen LogP contribution is -2.50. The SMILES string of the molecule is COc1cccc(OCC(=O)N2CCN(c3ccc(N4CCN(C)CC4)nn3)CC2)c1. The first-order valence-electron chi connectivity index (χ1n) is 10.7. The Morgan fingerprint density at radius 1 is 0.871 bits per heavy atom. The second kappa shape index (κ2) is 9.82.